The van der Waals surface area contributed by atoms with Crippen molar-refractivity contribution in [1.82, 2.24) is 9.97 Å². The zero-order valence-electron chi connectivity index (χ0n) is 10.9. The lowest BCUT2D eigenvalue weighted by molar-refractivity contribution is 0.204. The van der Waals surface area contributed by atoms with E-state index in [9.17, 15) is 19.5 Å². The fourth-order valence-corrected chi connectivity index (χ4v) is 1.82. The van der Waals surface area contributed by atoms with Gasteiger partial charge in [0.2, 0.25) is 0 Å². The minimum absolute atomic E-state index is 0.127. The van der Waals surface area contributed by atoms with Crippen molar-refractivity contribution in [2.45, 2.75) is 13.8 Å². The van der Waals surface area contributed by atoms with Crippen molar-refractivity contribution in [3.05, 3.63) is 56.4 Å². The minimum atomic E-state index is -1.41. The first-order valence-electron chi connectivity index (χ1n) is 5.83. The van der Waals surface area contributed by atoms with E-state index in [-0.39, 0.29) is 11.4 Å². The summed E-state index contributed by atoms with van der Waals surface area (Å²) in [7, 11) is 0. The van der Waals surface area contributed by atoms with Crippen molar-refractivity contribution in [2.75, 3.05) is 4.90 Å². The standard InChI is InChI=1S/C13H13N3O4/c1-7-3-5-9(11(17)14-7)16(13(19)20)10-6-4-8(2)15-12(10)18/h3-6H,1-2H3,(H,14,17)(H,15,18)(H,19,20). The number of pyridine rings is 2. The summed E-state index contributed by atoms with van der Waals surface area (Å²) in [6, 6.07) is 5.85. The van der Waals surface area contributed by atoms with Crippen molar-refractivity contribution < 1.29 is 9.90 Å². The second kappa shape index (κ2) is 5.04. The predicted octanol–water partition coefficient (Wildman–Crippen LogP) is 1.50. The third-order valence-corrected chi connectivity index (χ3v) is 2.74. The fraction of sp³-hybridized carbons (Fsp3) is 0.154. The van der Waals surface area contributed by atoms with Crippen LogP contribution in [0.2, 0.25) is 0 Å². The normalized spacial score (nSPS) is 10.3. The largest absolute Gasteiger partial charge is 0.464 e. The van der Waals surface area contributed by atoms with Gasteiger partial charge in [-0.1, -0.05) is 0 Å². The number of aromatic nitrogens is 2. The van der Waals surface area contributed by atoms with Crippen LogP contribution < -0.4 is 16.0 Å². The number of nitrogens with one attached hydrogen (secondary N) is 2. The highest BCUT2D eigenvalue weighted by atomic mass is 16.4. The Labute approximate surface area is 113 Å². The zero-order chi connectivity index (χ0) is 14.9. The molecule has 0 atom stereocenters. The summed E-state index contributed by atoms with van der Waals surface area (Å²) < 4.78 is 0. The number of rotatable bonds is 2. The molecule has 2 heterocycles. The molecule has 0 aromatic carbocycles. The molecular weight excluding hydrogens is 262 g/mol. The summed E-state index contributed by atoms with van der Waals surface area (Å²) in [5.74, 6) is 0. The number of amides is 1. The second-order valence-electron chi connectivity index (χ2n) is 4.33. The molecule has 0 fully saturated rings. The number of anilines is 2. The van der Waals surface area contributed by atoms with E-state index in [4.69, 9.17) is 0 Å². The lowest BCUT2D eigenvalue weighted by Crippen LogP contribution is -2.33. The van der Waals surface area contributed by atoms with E-state index in [0.29, 0.717) is 16.3 Å². The Kier molecular flexibility index (Phi) is 3.43. The van der Waals surface area contributed by atoms with E-state index < -0.39 is 17.2 Å². The Bertz CT molecular complexity index is 716. The van der Waals surface area contributed by atoms with Crippen LogP contribution in [0.5, 0.6) is 0 Å². The molecule has 0 aliphatic rings. The molecule has 0 aliphatic carbocycles. The van der Waals surface area contributed by atoms with Gasteiger partial charge in [0, 0.05) is 11.4 Å². The maximum absolute atomic E-state index is 11.9. The van der Waals surface area contributed by atoms with Crippen LogP contribution in [-0.2, 0) is 0 Å². The SMILES string of the molecule is Cc1ccc(N(C(=O)O)c2ccc(C)[nH]c2=O)c(=O)[nH]1. The van der Waals surface area contributed by atoms with E-state index in [1.54, 1.807) is 26.0 Å². The van der Waals surface area contributed by atoms with Crippen LogP contribution >= 0.6 is 0 Å². The predicted molar refractivity (Wildman–Crippen MR) is 73.8 cm³/mol. The highest BCUT2D eigenvalue weighted by molar-refractivity contribution is 5.94. The monoisotopic (exact) mass is 275 g/mol. The average Bonchev–Trinajstić information content (AvgIpc) is 2.34. The Morgan fingerprint density at radius 2 is 1.35 bits per heavy atom. The summed E-state index contributed by atoms with van der Waals surface area (Å²) in [4.78, 5) is 40.8. The van der Waals surface area contributed by atoms with Crippen molar-refractivity contribution in [3.63, 3.8) is 0 Å². The molecule has 3 N–H and O–H groups in total. The lowest BCUT2D eigenvalue weighted by atomic mass is 10.2. The van der Waals surface area contributed by atoms with Gasteiger partial charge < -0.3 is 15.1 Å². The highest BCUT2D eigenvalue weighted by Crippen LogP contribution is 2.18. The molecule has 7 heteroatoms. The molecule has 0 aliphatic heterocycles. The molecule has 0 spiro atoms. The number of H-pyrrole nitrogens is 2. The molecule has 104 valence electrons. The van der Waals surface area contributed by atoms with Gasteiger partial charge in [0.25, 0.3) is 11.1 Å². The highest BCUT2D eigenvalue weighted by Gasteiger charge is 2.22. The number of hydrogen-bond acceptors (Lipinski definition) is 3. The van der Waals surface area contributed by atoms with Gasteiger partial charge in [0.15, 0.2) is 0 Å². The molecule has 0 saturated carbocycles. The number of aryl methyl sites for hydroxylation is 2. The summed E-state index contributed by atoms with van der Waals surface area (Å²) in [6.45, 7) is 3.35. The van der Waals surface area contributed by atoms with Crippen LogP contribution in [0, 0.1) is 13.8 Å². The Morgan fingerprint density at radius 3 is 1.65 bits per heavy atom. The topological polar surface area (TPSA) is 106 Å². The number of nitrogens with zero attached hydrogens (tertiary/aromatic N) is 1. The molecule has 20 heavy (non-hydrogen) atoms. The quantitative estimate of drug-likeness (QED) is 0.772. The Hall–Kier alpha value is -2.83. The molecule has 0 radical (unpaired) electrons. The maximum atomic E-state index is 11.9. The van der Waals surface area contributed by atoms with Gasteiger partial charge in [0.05, 0.1) is 0 Å². The van der Waals surface area contributed by atoms with Crippen LogP contribution in [0.15, 0.2) is 33.9 Å². The minimum Gasteiger partial charge on any atom is -0.464 e. The molecule has 0 saturated heterocycles. The van der Waals surface area contributed by atoms with Gasteiger partial charge >= 0.3 is 6.09 Å². The molecular formula is C13H13N3O4. The van der Waals surface area contributed by atoms with Crippen LogP contribution in [0.3, 0.4) is 0 Å². The smallest absolute Gasteiger partial charge is 0.416 e. The number of aromatic amines is 2. The third kappa shape index (κ3) is 2.46. The molecule has 2 aromatic rings. The van der Waals surface area contributed by atoms with E-state index in [1.807, 2.05) is 0 Å². The first kappa shape index (κ1) is 13.6. The van der Waals surface area contributed by atoms with Gasteiger partial charge in [0.1, 0.15) is 11.4 Å². The van der Waals surface area contributed by atoms with Crippen molar-refractivity contribution in [3.8, 4) is 0 Å². The summed E-state index contributed by atoms with van der Waals surface area (Å²) >= 11 is 0. The van der Waals surface area contributed by atoms with Crippen LogP contribution in [0.1, 0.15) is 11.4 Å². The molecule has 2 rings (SSSR count). The van der Waals surface area contributed by atoms with E-state index in [1.165, 1.54) is 12.1 Å². The van der Waals surface area contributed by atoms with Gasteiger partial charge in [-0.2, -0.15) is 0 Å². The Balaban J connectivity index is 2.66. The van der Waals surface area contributed by atoms with Crippen molar-refractivity contribution in [2.24, 2.45) is 0 Å². The zero-order valence-corrected chi connectivity index (χ0v) is 10.9. The van der Waals surface area contributed by atoms with E-state index >= 15 is 0 Å². The van der Waals surface area contributed by atoms with Crippen LogP contribution in [0.25, 0.3) is 0 Å². The number of carbonyl (C=O) groups is 1. The fourth-order valence-electron chi connectivity index (χ4n) is 1.82. The molecule has 1 amide bonds. The summed E-state index contributed by atoms with van der Waals surface area (Å²) in [5.41, 5.74) is -0.210. The van der Waals surface area contributed by atoms with Gasteiger partial charge in [-0.25, -0.2) is 9.69 Å². The first-order chi connectivity index (χ1) is 9.40. The second-order valence-corrected chi connectivity index (χ2v) is 4.33. The van der Waals surface area contributed by atoms with Gasteiger partial charge in [-0.15, -0.1) is 0 Å². The van der Waals surface area contributed by atoms with Crippen LogP contribution in [-0.4, -0.2) is 21.2 Å². The van der Waals surface area contributed by atoms with Gasteiger partial charge in [-0.3, -0.25) is 9.59 Å². The third-order valence-electron chi connectivity index (χ3n) is 2.74. The van der Waals surface area contributed by atoms with Crippen LogP contribution in [0.4, 0.5) is 16.2 Å². The first-order valence-corrected chi connectivity index (χ1v) is 5.83. The van der Waals surface area contributed by atoms with E-state index in [2.05, 4.69) is 9.97 Å². The molecule has 0 unspecified atom stereocenters. The summed E-state index contributed by atoms with van der Waals surface area (Å²) in [5, 5.41) is 9.29. The van der Waals surface area contributed by atoms with E-state index in [0.717, 1.165) is 0 Å². The van der Waals surface area contributed by atoms with Crippen molar-refractivity contribution in [1.29, 1.82) is 0 Å². The lowest BCUT2D eigenvalue weighted by Gasteiger charge is -2.17. The Morgan fingerprint density at radius 1 is 0.950 bits per heavy atom. The van der Waals surface area contributed by atoms with Crippen molar-refractivity contribution >= 4 is 17.5 Å². The molecule has 0 bridgehead atoms. The number of hydrogen-bond donors (Lipinski definition) is 3. The average molecular weight is 275 g/mol. The summed E-state index contributed by atoms with van der Waals surface area (Å²) in [6.07, 6.45) is -1.41. The molecule has 2 aromatic heterocycles. The number of carboxylic acid groups (broad SMARTS) is 1. The molecule has 7 nitrogen and oxygen atoms in total. The van der Waals surface area contributed by atoms with Gasteiger partial charge in [-0.05, 0) is 38.1 Å². The maximum Gasteiger partial charge on any atom is 0.416 e.